The van der Waals surface area contributed by atoms with Crippen LogP contribution in [0, 0.1) is 0 Å². The quantitative estimate of drug-likeness (QED) is 0.443. The van der Waals surface area contributed by atoms with E-state index in [1.807, 2.05) is 30.3 Å². The Bertz CT molecular complexity index is 943. The Labute approximate surface area is 182 Å². The lowest BCUT2D eigenvalue weighted by Gasteiger charge is -2.40. The van der Waals surface area contributed by atoms with Crippen LogP contribution in [0.3, 0.4) is 0 Å². The minimum Gasteiger partial charge on any atom is -0.375 e. The van der Waals surface area contributed by atoms with Crippen molar-refractivity contribution < 1.29 is 4.74 Å². The fourth-order valence-electron chi connectivity index (χ4n) is 4.26. The summed E-state index contributed by atoms with van der Waals surface area (Å²) in [6, 6.07) is 24.9. The van der Waals surface area contributed by atoms with Gasteiger partial charge in [0.1, 0.15) is 0 Å². The number of benzene rings is 3. The van der Waals surface area contributed by atoms with E-state index in [2.05, 4.69) is 47.8 Å². The molecular weight excluding hydrogens is 401 g/mol. The summed E-state index contributed by atoms with van der Waals surface area (Å²) in [5, 5.41) is 5.07. The molecule has 0 bridgehead atoms. The van der Waals surface area contributed by atoms with E-state index in [9.17, 15) is 0 Å². The number of hydrogen-bond acceptors (Lipinski definition) is 2. The Kier molecular flexibility index (Phi) is 6.56. The molecular formula is C25H25Cl2NO. The highest BCUT2D eigenvalue weighted by molar-refractivity contribution is 6.30. The SMILES string of the molecule is Clc1ccc(C2(CCCNCc3ccccc3)COCc3cc(Cl)ccc32)cc1. The van der Waals surface area contributed by atoms with E-state index in [0.717, 1.165) is 36.0 Å². The maximum absolute atomic E-state index is 6.26. The fraction of sp³-hybridized carbons (Fsp3) is 0.280. The van der Waals surface area contributed by atoms with Crippen molar-refractivity contribution >= 4 is 23.2 Å². The van der Waals surface area contributed by atoms with Crippen LogP contribution in [0.25, 0.3) is 0 Å². The third kappa shape index (κ3) is 4.67. The van der Waals surface area contributed by atoms with Crippen LogP contribution in [0.1, 0.15) is 35.1 Å². The molecule has 0 fully saturated rings. The molecule has 3 aromatic rings. The molecule has 0 amide bonds. The topological polar surface area (TPSA) is 21.3 Å². The maximum Gasteiger partial charge on any atom is 0.0720 e. The first kappa shape index (κ1) is 20.4. The monoisotopic (exact) mass is 425 g/mol. The molecule has 29 heavy (non-hydrogen) atoms. The number of rotatable bonds is 7. The Morgan fingerprint density at radius 1 is 0.897 bits per heavy atom. The Hall–Kier alpha value is -1.84. The van der Waals surface area contributed by atoms with Crippen LogP contribution in [-0.2, 0) is 23.3 Å². The molecule has 4 rings (SSSR count). The highest BCUT2D eigenvalue weighted by Crippen LogP contribution is 2.43. The van der Waals surface area contributed by atoms with Crippen molar-refractivity contribution in [3.63, 3.8) is 0 Å². The van der Waals surface area contributed by atoms with Gasteiger partial charge in [0.05, 0.1) is 13.2 Å². The lowest BCUT2D eigenvalue weighted by Crippen LogP contribution is -2.38. The fourth-order valence-corrected chi connectivity index (χ4v) is 4.58. The van der Waals surface area contributed by atoms with E-state index in [0.29, 0.717) is 13.2 Å². The molecule has 0 aromatic heterocycles. The summed E-state index contributed by atoms with van der Waals surface area (Å²) in [6.07, 6.45) is 2.03. The molecule has 1 aliphatic rings. The summed E-state index contributed by atoms with van der Waals surface area (Å²) in [5.41, 5.74) is 4.86. The van der Waals surface area contributed by atoms with Crippen molar-refractivity contribution in [2.75, 3.05) is 13.2 Å². The van der Waals surface area contributed by atoms with Gasteiger partial charge in [0.25, 0.3) is 0 Å². The van der Waals surface area contributed by atoms with E-state index >= 15 is 0 Å². The van der Waals surface area contributed by atoms with Crippen LogP contribution in [0.5, 0.6) is 0 Å². The Morgan fingerprint density at radius 3 is 2.45 bits per heavy atom. The summed E-state index contributed by atoms with van der Waals surface area (Å²) in [6.45, 7) is 3.12. The second-order valence-corrected chi connectivity index (χ2v) is 8.52. The molecule has 0 saturated heterocycles. The zero-order valence-corrected chi connectivity index (χ0v) is 17.8. The normalized spacial score (nSPS) is 18.4. The lowest BCUT2D eigenvalue weighted by atomic mass is 9.69. The third-order valence-corrected chi connectivity index (χ3v) is 6.20. The number of ether oxygens (including phenoxy) is 1. The second kappa shape index (κ2) is 9.32. The average molecular weight is 426 g/mol. The molecule has 0 saturated carbocycles. The van der Waals surface area contributed by atoms with Crippen molar-refractivity contribution in [1.82, 2.24) is 5.32 Å². The molecule has 1 heterocycles. The molecule has 3 aromatic carbocycles. The first-order valence-corrected chi connectivity index (χ1v) is 10.8. The minimum atomic E-state index is -0.183. The van der Waals surface area contributed by atoms with Gasteiger partial charge >= 0.3 is 0 Å². The van der Waals surface area contributed by atoms with Crippen LogP contribution in [-0.4, -0.2) is 13.2 Å². The minimum absolute atomic E-state index is 0.183. The van der Waals surface area contributed by atoms with Crippen molar-refractivity contribution in [1.29, 1.82) is 0 Å². The maximum atomic E-state index is 6.26. The van der Waals surface area contributed by atoms with Gasteiger partial charge in [-0.05, 0) is 65.9 Å². The van der Waals surface area contributed by atoms with Crippen molar-refractivity contribution in [3.05, 3.63) is 105 Å². The first-order valence-electron chi connectivity index (χ1n) is 10.0. The van der Waals surface area contributed by atoms with Crippen LogP contribution in [0.2, 0.25) is 10.0 Å². The van der Waals surface area contributed by atoms with E-state index in [4.69, 9.17) is 27.9 Å². The number of nitrogens with one attached hydrogen (secondary N) is 1. The van der Waals surface area contributed by atoms with E-state index < -0.39 is 0 Å². The highest BCUT2D eigenvalue weighted by Gasteiger charge is 2.38. The second-order valence-electron chi connectivity index (χ2n) is 7.65. The smallest absolute Gasteiger partial charge is 0.0720 e. The summed E-state index contributed by atoms with van der Waals surface area (Å²) in [7, 11) is 0. The highest BCUT2D eigenvalue weighted by atomic mass is 35.5. The standard InChI is InChI=1S/C25H25Cl2NO/c26-22-9-7-21(8-10-22)25(13-4-14-28-16-19-5-2-1-3-6-19)18-29-17-20-15-23(27)11-12-24(20)25/h1-3,5-12,15,28H,4,13-14,16-18H2. The summed E-state index contributed by atoms with van der Waals surface area (Å²) in [4.78, 5) is 0. The molecule has 1 unspecified atom stereocenters. The molecule has 0 spiro atoms. The van der Waals surface area contributed by atoms with Crippen LogP contribution >= 0.6 is 23.2 Å². The molecule has 1 aliphatic heterocycles. The number of halogens is 2. The zero-order valence-electron chi connectivity index (χ0n) is 16.3. The average Bonchev–Trinajstić information content (AvgIpc) is 2.74. The largest absolute Gasteiger partial charge is 0.375 e. The molecule has 4 heteroatoms. The molecule has 150 valence electrons. The number of hydrogen-bond donors (Lipinski definition) is 1. The summed E-state index contributed by atoms with van der Waals surface area (Å²) in [5.74, 6) is 0. The van der Waals surface area contributed by atoms with Crippen LogP contribution in [0.4, 0.5) is 0 Å². The van der Waals surface area contributed by atoms with Crippen molar-refractivity contribution in [2.45, 2.75) is 31.4 Å². The van der Waals surface area contributed by atoms with Gasteiger partial charge in [-0.15, -0.1) is 0 Å². The molecule has 0 aliphatic carbocycles. The molecule has 0 radical (unpaired) electrons. The van der Waals surface area contributed by atoms with Crippen molar-refractivity contribution in [3.8, 4) is 0 Å². The third-order valence-electron chi connectivity index (χ3n) is 5.71. The van der Waals surface area contributed by atoms with Gasteiger partial charge in [-0.1, -0.05) is 71.7 Å². The molecule has 2 nitrogen and oxygen atoms in total. The van der Waals surface area contributed by atoms with E-state index in [1.54, 1.807) is 0 Å². The van der Waals surface area contributed by atoms with Gasteiger partial charge in [0.15, 0.2) is 0 Å². The van der Waals surface area contributed by atoms with Crippen LogP contribution in [0.15, 0.2) is 72.8 Å². The van der Waals surface area contributed by atoms with E-state index in [1.165, 1.54) is 22.3 Å². The number of fused-ring (bicyclic) bond motifs is 1. The zero-order chi connectivity index (χ0) is 20.1. The van der Waals surface area contributed by atoms with Crippen molar-refractivity contribution in [2.24, 2.45) is 0 Å². The first-order chi connectivity index (χ1) is 14.2. The van der Waals surface area contributed by atoms with E-state index in [-0.39, 0.29) is 5.41 Å². The summed E-state index contributed by atoms with van der Waals surface area (Å²) < 4.78 is 6.07. The van der Waals surface area contributed by atoms with Gasteiger partial charge in [-0.3, -0.25) is 0 Å². The predicted octanol–water partition coefficient (Wildman–Crippen LogP) is 6.38. The lowest BCUT2D eigenvalue weighted by molar-refractivity contribution is 0.0613. The molecule has 1 N–H and O–H groups in total. The predicted molar refractivity (Wildman–Crippen MR) is 121 cm³/mol. The van der Waals surface area contributed by atoms with Gasteiger partial charge < -0.3 is 10.1 Å². The van der Waals surface area contributed by atoms with Gasteiger partial charge in [0, 0.05) is 22.0 Å². The Balaban J connectivity index is 1.53. The van der Waals surface area contributed by atoms with Crippen LogP contribution < -0.4 is 5.32 Å². The van der Waals surface area contributed by atoms with Gasteiger partial charge in [-0.2, -0.15) is 0 Å². The summed E-state index contributed by atoms with van der Waals surface area (Å²) >= 11 is 12.4. The molecule has 1 atom stereocenters. The van der Waals surface area contributed by atoms with Gasteiger partial charge in [-0.25, -0.2) is 0 Å². The van der Waals surface area contributed by atoms with Gasteiger partial charge in [0.2, 0.25) is 0 Å². The Morgan fingerprint density at radius 2 is 1.66 bits per heavy atom.